The minimum atomic E-state index is -3.33. The van der Waals surface area contributed by atoms with Gasteiger partial charge < -0.3 is 5.11 Å². The second-order valence-corrected chi connectivity index (χ2v) is 7.92. The molecule has 2 aliphatic rings. The summed E-state index contributed by atoms with van der Waals surface area (Å²) >= 11 is 0. The number of aliphatic hydroxyl groups is 1. The first-order valence-corrected chi connectivity index (χ1v) is 8.78. The van der Waals surface area contributed by atoms with E-state index in [4.69, 9.17) is 0 Å². The molecule has 2 rings (SSSR count). The van der Waals surface area contributed by atoms with Gasteiger partial charge in [-0.25, -0.2) is 0 Å². The molecule has 0 saturated carbocycles. The fraction of sp³-hybridized carbons (Fsp3) is 1.00. The van der Waals surface area contributed by atoms with Crippen LogP contribution in [0.5, 0.6) is 0 Å². The summed E-state index contributed by atoms with van der Waals surface area (Å²) in [6, 6.07) is 0. The van der Waals surface area contributed by atoms with Gasteiger partial charge >= 0.3 is 0 Å². The maximum Gasteiger partial charge on any atom is 0.281 e. The van der Waals surface area contributed by atoms with E-state index in [2.05, 4.69) is 6.92 Å². The standard InChI is InChI=1S/C13H26N2O3S/c1-3-12-10-15(8-6-13(12)16)19(17,18)14-7-4-5-11(2)9-14/h11-13,16H,3-10H2,1-2H3. The SMILES string of the molecule is CCC1CN(S(=O)(=O)N2CCCC(C)C2)CCC1O. The van der Waals surface area contributed by atoms with E-state index in [1.165, 1.54) is 0 Å². The van der Waals surface area contributed by atoms with Crippen molar-refractivity contribution in [3.8, 4) is 0 Å². The van der Waals surface area contributed by atoms with E-state index < -0.39 is 10.2 Å². The first-order chi connectivity index (χ1) is 8.95. The zero-order chi connectivity index (χ0) is 14.0. The van der Waals surface area contributed by atoms with Crippen LogP contribution in [0.2, 0.25) is 0 Å². The van der Waals surface area contributed by atoms with Crippen molar-refractivity contribution in [2.75, 3.05) is 26.2 Å². The number of aliphatic hydroxyl groups excluding tert-OH is 1. The van der Waals surface area contributed by atoms with Crippen LogP contribution in [0.25, 0.3) is 0 Å². The van der Waals surface area contributed by atoms with Crippen LogP contribution in [-0.4, -0.2) is 54.4 Å². The molecule has 2 heterocycles. The van der Waals surface area contributed by atoms with Gasteiger partial charge in [-0.15, -0.1) is 0 Å². The molecule has 1 N–H and O–H groups in total. The summed E-state index contributed by atoms with van der Waals surface area (Å²) in [7, 11) is -3.33. The van der Waals surface area contributed by atoms with Crippen molar-refractivity contribution >= 4 is 10.2 Å². The Morgan fingerprint density at radius 3 is 2.47 bits per heavy atom. The molecule has 3 unspecified atom stereocenters. The molecule has 19 heavy (non-hydrogen) atoms. The van der Waals surface area contributed by atoms with Crippen molar-refractivity contribution in [2.45, 2.75) is 45.6 Å². The molecule has 0 aliphatic carbocycles. The van der Waals surface area contributed by atoms with Gasteiger partial charge in [-0.05, 0) is 37.5 Å². The Morgan fingerprint density at radius 1 is 1.16 bits per heavy atom. The Hall–Kier alpha value is -0.170. The van der Waals surface area contributed by atoms with Crippen molar-refractivity contribution in [3.05, 3.63) is 0 Å². The fourth-order valence-corrected chi connectivity index (χ4v) is 4.96. The van der Waals surface area contributed by atoms with Crippen LogP contribution in [0.3, 0.4) is 0 Å². The minimum absolute atomic E-state index is 0.0748. The largest absolute Gasteiger partial charge is 0.393 e. The normalized spacial score (nSPS) is 35.4. The molecule has 0 aromatic rings. The molecular formula is C13H26N2O3S. The maximum atomic E-state index is 12.6. The third kappa shape index (κ3) is 3.29. The number of piperidine rings is 2. The third-order valence-electron chi connectivity index (χ3n) is 4.45. The summed E-state index contributed by atoms with van der Waals surface area (Å²) in [4.78, 5) is 0. The molecular weight excluding hydrogens is 264 g/mol. The zero-order valence-corrected chi connectivity index (χ0v) is 12.8. The number of nitrogens with zero attached hydrogens (tertiary/aromatic N) is 2. The van der Waals surface area contributed by atoms with Crippen LogP contribution in [0, 0.1) is 11.8 Å². The van der Waals surface area contributed by atoms with Crippen molar-refractivity contribution in [1.82, 2.24) is 8.61 Å². The van der Waals surface area contributed by atoms with E-state index >= 15 is 0 Å². The maximum absolute atomic E-state index is 12.6. The minimum Gasteiger partial charge on any atom is -0.393 e. The zero-order valence-electron chi connectivity index (χ0n) is 12.0. The molecule has 2 aliphatic heterocycles. The van der Waals surface area contributed by atoms with Crippen LogP contribution in [-0.2, 0) is 10.2 Å². The molecule has 0 aromatic carbocycles. The molecule has 2 fully saturated rings. The van der Waals surface area contributed by atoms with E-state index in [0.29, 0.717) is 38.5 Å². The van der Waals surface area contributed by atoms with Gasteiger partial charge in [0.15, 0.2) is 0 Å². The second-order valence-electron chi connectivity index (χ2n) is 6.00. The van der Waals surface area contributed by atoms with E-state index in [-0.39, 0.29) is 12.0 Å². The molecule has 0 amide bonds. The lowest BCUT2D eigenvalue weighted by Gasteiger charge is -2.39. The molecule has 3 atom stereocenters. The van der Waals surface area contributed by atoms with Gasteiger partial charge in [0.25, 0.3) is 10.2 Å². The lowest BCUT2D eigenvalue weighted by molar-refractivity contribution is 0.0496. The summed E-state index contributed by atoms with van der Waals surface area (Å²) in [5, 5.41) is 9.87. The highest BCUT2D eigenvalue weighted by molar-refractivity contribution is 7.86. The van der Waals surface area contributed by atoms with Gasteiger partial charge in [-0.1, -0.05) is 13.8 Å². The van der Waals surface area contributed by atoms with Crippen molar-refractivity contribution < 1.29 is 13.5 Å². The summed E-state index contributed by atoms with van der Waals surface area (Å²) in [6.45, 7) is 6.31. The van der Waals surface area contributed by atoms with Crippen LogP contribution >= 0.6 is 0 Å². The third-order valence-corrected chi connectivity index (χ3v) is 6.42. The van der Waals surface area contributed by atoms with Crippen molar-refractivity contribution in [3.63, 3.8) is 0 Å². The Balaban J connectivity index is 2.07. The molecule has 0 aromatic heterocycles. The summed E-state index contributed by atoms with van der Waals surface area (Å²) in [5.41, 5.74) is 0. The van der Waals surface area contributed by atoms with Crippen molar-refractivity contribution in [1.29, 1.82) is 0 Å². The van der Waals surface area contributed by atoms with Gasteiger partial charge in [0, 0.05) is 26.2 Å². The summed E-state index contributed by atoms with van der Waals surface area (Å²) < 4.78 is 28.5. The Labute approximate surface area is 116 Å². The summed E-state index contributed by atoms with van der Waals surface area (Å²) in [5.74, 6) is 0.520. The molecule has 112 valence electrons. The van der Waals surface area contributed by atoms with Gasteiger partial charge in [-0.2, -0.15) is 17.0 Å². The fourth-order valence-electron chi connectivity index (χ4n) is 3.12. The molecule has 0 radical (unpaired) electrons. The highest BCUT2D eigenvalue weighted by Gasteiger charge is 2.37. The van der Waals surface area contributed by atoms with Gasteiger partial charge in [0.1, 0.15) is 0 Å². The highest BCUT2D eigenvalue weighted by atomic mass is 32.2. The lowest BCUT2D eigenvalue weighted by Crippen LogP contribution is -2.53. The lowest BCUT2D eigenvalue weighted by atomic mass is 9.94. The quantitative estimate of drug-likeness (QED) is 0.845. The second kappa shape index (κ2) is 6.08. The van der Waals surface area contributed by atoms with Gasteiger partial charge in [-0.3, -0.25) is 0 Å². The van der Waals surface area contributed by atoms with Crippen LogP contribution in [0.1, 0.15) is 39.5 Å². The van der Waals surface area contributed by atoms with Crippen LogP contribution < -0.4 is 0 Å². The smallest absolute Gasteiger partial charge is 0.281 e. The Kier molecular flexibility index (Phi) is 4.87. The number of rotatable bonds is 3. The Bertz CT molecular complexity index is 399. The molecule has 0 bridgehead atoms. The molecule has 5 nitrogen and oxygen atoms in total. The first kappa shape index (κ1) is 15.2. The highest BCUT2D eigenvalue weighted by Crippen LogP contribution is 2.26. The van der Waals surface area contributed by atoms with Crippen LogP contribution in [0.15, 0.2) is 0 Å². The van der Waals surface area contributed by atoms with Gasteiger partial charge in [0.2, 0.25) is 0 Å². The van der Waals surface area contributed by atoms with Crippen molar-refractivity contribution in [2.24, 2.45) is 11.8 Å². The monoisotopic (exact) mass is 290 g/mol. The Morgan fingerprint density at radius 2 is 1.84 bits per heavy atom. The number of hydrogen-bond acceptors (Lipinski definition) is 3. The van der Waals surface area contributed by atoms with E-state index in [0.717, 1.165) is 19.3 Å². The van der Waals surface area contributed by atoms with E-state index in [9.17, 15) is 13.5 Å². The van der Waals surface area contributed by atoms with E-state index in [1.807, 2.05) is 6.92 Å². The average molecular weight is 290 g/mol. The molecule has 2 saturated heterocycles. The predicted octanol–water partition coefficient (Wildman–Crippen LogP) is 1.06. The van der Waals surface area contributed by atoms with E-state index in [1.54, 1.807) is 8.61 Å². The van der Waals surface area contributed by atoms with Crippen LogP contribution in [0.4, 0.5) is 0 Å². The first-order valence-electron chi connectivity index (χ1n) is 7.38. The average Bonchev–Trinajstić information content (AvgIpc) is 2.39. The topological polar surface area (TPSA) is 60.9 Å². The van der Waals surface area contributed by atoms with Gasteiger partial charge in [0.05, 0.1) is 6.10 Å². The summed E-state index contributed by atoms with van der Waals surface area (Å²) in [6.07, 6.45) is 3.10. The number of hydrogen-bond donors (Lipinski definition) is 1. The molecule has 0 spiro atoms. The molecule has 6 heteroatoms. The predicted molar refractivity (Wildman–Crippen MR) is 74.9 cm³/mol.